The zero-order valence-corrected chi connectivity index (χ0v) is 18.2. The molecule has 0 radical (unpaired) electrons. The van der Waals surface area contributed by atoms with Crippen molar-refractivity contribution in [3.63, 3.8) is 0 Å². The number of sulfonamides is 1. The fourth-order valence-electron chi connectivity index (χ4n) is 2.47. The molecule has 3 N–H and O–H groups in total. The first-order chi connectivity index (χ1) is 14.2. The predicted molar refractivity (Wildman–Crippen MR) is 119 cm³/mol. The van der Waals surface area contributed by atoms with Crippen LogP contribution in [0.15, 0.2) is 70.7 Å². The summed E-state index contributed by atoms with van der Waals surface area (Å²) in [5.41, 5.74) is 0.827. The molecule has 2 aromatic rings. The number of carbonyl (C=O) groups excluding carboxylic acids is 2. The fraction of sp³-hybridized carbons (Fsp3) is 0.100. The third-order valence-corrected chi connectivity index (χ3v) is 5.57. The maximum absolute atomic E-state index is 12.3. The molecule has 2 amide bonds. The average molecular weight is 468 g/mol. The van der Waals surface area contributed by atoms with Crippen molar-refractivity contribution in [2.24, 2.45) is 5.14 Å². The molecule has 158 valence electrons. The third-order valence-electron chi connectivity index (χ3n) is 3.92. The zero-order chi connectivity index (χ0) is 22.3. The Balaban J connectivity index is 2.34. The molecule has 0 unspecified atom stereocenters. The largest absolute Gasteiger partial charge is 0.326 e. The van der Waals surface area contributed by atoms with Gasteiger partial charge in [0.15, 0.2) is 0 Å². The highest BCUT2D eigenvalue weighted by atomic mass is 35.5. The van der Waals surface area contributed by atoms with Crippen LogP contribution in [-0.4, -0.2) is 20.7 Å². The van der Waals surface area contributed by atoms with E-state index in [4.69, 9.17) is 28.3 Å². The number of nitrogens with zero attached hydrogens (tertiary/aromatic N) is 1. The molecule has 2 aromatic carbocycles. The summed E-state index contributed by atoms with van der Waals surface area (Å²) in [5, 5.41) is 8.71. The number of rotatable bonds is 8. The van der Waals surface area contributed by atoms with Crippen LogP contribution in [0, 0.1) is 0 Å². The highest BCUT2D eigenvalue weighted by molar-refractivity contribution is 7.89. The van der Waals surface area contributed by atoms with Crippen LogP contribution in [0.4, 0.5) is 11.4 Å². The Morgan fingerprint density at radius 3 is 2.53 bits per heavy atom. The molecule has 0 aliphatic carbocycles. The lowest BCUT2D eigenvalue weighted by Crippen LogP contribution is -2.21. The Bertz CT molecular complexity index is 1110. The number of hydrogen-bond donors (Lipinski definition) is 2. The monoisotopic (exact) mass is 467 g/mol. The topological polar surface area (TPSA) is 110 Å². The molecule has 0 aromatic heterocycles. The number of allylic oxidation sites excluding steroid dienone is 3. The molecule has 0 saturated carbocycles. The molecular formula is C20H19Cl2N3O4S. The Morgan fingerprint density at radius 1 is 1.23 bits per heavy atom. The number of primary sulfonamides is 1. The van der Waals surface area contributed by atoms with Crippen molar-refractivity contribution in [3.8, 4) is 0 Å². The maximum atomic E-state index is 12.3. The van der Waals surface area contributed by atoms with Crippen molar-refractivity contribution >= 4 is 56.9 Å². The molecule has 0 atom stereocenters. The highest BCUT2D eigenvalue weighted by Crippen LogP contribution is 2.28. The van der Waals surface area contributed by atoms with E-state index in [1.807, 2.05) is 0 Å². The first kappa shape index (κ1) is 23.6. The maximum Gasteiger partial charge on any atom is 0.240 e. The van der Waals surface area contributed by atoms with Crippen LogP contribution in [0.5, 0.6) is 0 Å². The molecular weight excluding hydrogens is 449 g/mol. The van der Waals surface area contributed by atoms with Gasteiger partial charge >= 0.3 is 0 Å². The number of benzene rings is 2. The van der Waals surface area contributed by atoms with Gasteiger partial charge < -0.3 is 5.32 Å². The second kappa shape index (κ2) is 10.4. The molecule has 0 spiro atoms. The van der Waals surface area contributed by atoms with Gasteiger partial charge in [0.2, 0.25) is 22.3 Å². The molecule has 30 heavy (non-hydrogen) atoms. The van der Waals surface area contributed by atoms with E-state index < -0.39 is 15.9 Å². The summed E-state index contributed by atoms with van der Waals surface area (Å²) in [6.45, 7) is 1.70. The summed E-state index contributed by atoms with van der Waals surface area (Å²) in [4.78, 5) is 24.5. The van der Waals surface area contributed by atoms with Crippen molar-refractivity contribution in [3.05, 3.63) is 76.4 Å². The Kier molecular flexibility index (Phi) is 8.19. The lowest BCUT2D eigenvalue weighted by Gasteiger charge is -2.17. The van der Waals surface area contributed by atoms with Crippen LogP contribution >= 0.6 is 23.2 Å². The first-order valence-corrected chi connectivity index (χ1v) is 10.9. The number of carbonyl (C=O) groups is 2. The van der Waals surface area contributed by atoms with Gasteiger partial charge in [0, 0.05) is 21.9 Å². The van der Waals surface area contributed by atoms with Crippen LogP contribution in [0.25, 0.3) is 0 Å². The highest BCUT2D eigenvalue weighted by Gasteiger charge is 2.19. The minimum Gasteiger partial charge on any atom is -0.326 e. The summed E-state index contributed by atoms with van der Waals surface area (Å²) < 4.78 is 24.2. The lowest BCUT2D eigenvalue weighted by molar-refractivity contribution is -0.115. The Hall–Kier alpha value is -2.65. The number of nitrogens with one attached hydrogen (secondary N) is 1. The van der Waals surface area contributed by atoms with Gasteiger partial charge in [-0.1, -0.05) is 47.5 Å². The molecule has 0 saturated heterocycles. The smallest absolute Gasteiger partial charge is 0.240 e. The van der Waals surface area contributed by atoms with E-state index in [1.54, 1.807) is 37.3 Å². The second-order valence-electron chi connectivity index (χ2n) is 6.05. The van der Waals surface area contributed by atoms with Crippen LogP contribution in [0.1, 0.15) is 12.5 Å². The van der Waals surface area contributed by atoms with Gasteiger partial charge in [-0.05, 0) is 42.8 Å². The average Bonchev–Trinajstić information content (AvgIpc) is 2.69. The predicted octanol–water partition coefficient (Wildman–Crippen LogP) is 3.79. The normalized spacial score (nSPS) is 12.1. The number of amides is 2. The van der Waals surface area contributed by atoms with Crippen molar-refractivity contribution < 1.29 is 18.0 Å². The van der Waals surface area contributed by atoms with Gasteiger partial charge in [0.05, 0.1) is 12.1 Å². The molecule has 0 heterocycles. The number of halogens is 2. The SMILES string of the molecule is C/C=C(Cl)\C=C/N(C=O)c1ccc(NC(=O)Cc2ccccc2Cl)cc1S(N)(=O)=O. The zero-order valence-electron chi connectivity index (χ0n) is 15.9. The lowest BCUT2D eigenvalue weighted by atomic mass is 10.1. The molecule has 0 aliphatic heterocycles. The van der Waals surface area contributed by atoms with Crippen molar-refractivity contribution in [1.29, 1.82) is 0 Å². The van der Waals surface area contributed by atoms with Gasteiger partial charge in [-0.2, -0.15) is 0 Å². The summed E-state index contributed by atoms with van der Waals surface area (Å²) in [6, 6.07) is 10.9. The molecule has 0 aliphatic rings. The van der Waals surface area contributed by atoms with E-state index in [1.165, 1.54) is 30.5 Å². The van der Waals surface area contributed by atoms with Gasteiger partial charge in [-0.3, -0.25) is 14.5 Å². The van der Waals surface area contributed by atoms with Crippen molar-refractivity contribution in [2.45, 2.75) is 18.2 Å². The van der Waals surface area contributed by atoms with Crippen LogP contribution in [0.3, 0.4) is 0 Å². The van der Waals surface area contributed by atoms with E-state index in [0.29, 0.717) is 22.0 Å². The molecule has 2 rings (SSSR count). The summed E-state index contributed by atoms with van der Waals surface area (Å²) in [5.74, 6) is -0.400. The third kappa shape index (κ3) is 6.43. The fourth-order valence-corrected chi connectivity index (χ4v) is 3.49. The summed E-state index contributed by atoms with van der Waals surface area (Å²) in [7, 11) is -4.21. The van der Waals surface area contributed by atoms with Crippen molar-refractivity contribution in [1.82, 2.24) is 0 Å². The molecule has 7 nitrogen and oxygen atoms in total. The van der Waals surface area contributed by atoms with Crippen molar-refractivity contribution in [2.75, 3.05) is 10.2 Å². The Labute approximate surface area is 184 Å². The standard InChI is InChI=1S/C20H19Cl2N3O4S/c1-2-15(21)9-10-25(13-26)18-8-7-16(12-19(18)30(23,28)29)24-20(27)11-14-5-3-4-6-17(14)22/h2-10,12-13H,11H2,1H3,(H,24,27)(H2,23,28,29)/b10-9-,15-2+. The van der Waals surface area contributed by atoms with E-state index in [0.717, 1.165) is 4.90 Å². The van der Waals surface area contributed by atoms with Gasteiger partial charge in [0.1, 0.15) is 4.90 Å². The van der Waals surface area contributed by atoms with E-state index >= 15 is 0 Å². The van der Waals surface area contributed by atoms with Crippen LogP contribution < -0.4 is 15.4 Å². The second-order valence-corrected chi connectivity index (χ2v) is 8.42. The minimum atomic E-state index is -4.21. The summed E-state index contributed by atoms with van der Waals surface area (Å²) >= 11 is 11.9. The number of anilines is 2. The van der Waals surface area contributed by atoms with Gasteiger partial charge in [-0.25, -0.2) is 13.6 Å². The van der Waals surface area contributed by atoms with Gasteiger partial charge in [-0.15, -0.1) is 0 Å². The number of nitrogens with two attached hydrogens (primary N) is 1. The van der Waals surface area contributed by atoms with Crippen LogP contribution in [-0.2, 0) is 26.0 Å². The van der Waals surface area contributed by atoms with E-state index in [-0.39, 0.29) is 22.7 Å². The molecule has 0 bridgehead atoms. The number of hydrogen-bond acceptors (Lipinski definition) is 4. The Morgan fingerprint density at radius 2 is 1.93 bits per heavy atom. The quantitative estimate of drug-likeness (QED) is 0.454. The molecule has 0 fully saturated rings. The van der Waals surface area contributed by atoms with E-state index in [9.17, 15) is 18.0 Å². The van der Waals surface area contributed by atoms with Crippen LogP contribution in [0.2, 0.25) is 5.02 Å². The van der Waals surface area contributed by atoms with E-state index in [2.05, 4.69) is 5.32 Å². The first-order valence-electron chi connectivity index (χ1n) is 8.59. The minimum absolute atomic E-state index is 0.00279. The van der Waals surface area contributed by atoms with Gasteiger partial charge in [0.25, 0.3) is 0 Å². The molecule has 10 heteroatoms. The summed E-state index contributed by atoms with van der Waals surface area (Å²) in [6.07, 6.45) is 4.73.